The lowest BCUT2D eigenvalue weighted by molar-refractivity contribution is 0.0636. The molecule has 1 fully saturated rings. The Morgan fingerprint density at radius 2 is 2.11 bits per heavy atom. The van der Waals surface area contributed by atoms with Crippen LogP contribution in [0.1, 0.15) is 32.3 Å². The molecule has 0 spiro atoms. The number of rotatable bonds is 2. The summed E-state index contributed by atoms with van der Waals surface area (Å²) in [7, 11) is 0. The molecule has 0 saturated carbocycles. The zero-order chi connectivity index (χ0) is 14.0. The molecule has 3 N–H and O–H groups in total. The van der Waals surface area contributed by atoms with Crippen molar-refractivity contribution in [1.82, 2.24) is 5.32 Å². The van der Waals surface area contributed by atoms with Crippen LogP contribution in [0.3, 0.4) is 0 Å². The predicted octanol–water partition coefficient (Wildman–Crippen LogP) is 2.43. The molecule has 5 nitrogen and oxygen atoms in total. The summed E-state index contributed by atoms with van der Waals surface area (Å²) in [5.41, 5.74) is 0.903. The molecule has 1 amide bonds. The summed E-state index contributed by atoms with van der Waals surface area (Å²) in [5.74, 6) is 0.565. The van der Waals surface area contributed by atoms with Gasteiger partial charge in [-0.3, -0.25) is 5.32 Å². The number of ether oxygens (including phenoxy) is 1. The zero-order valence-corrected chi connectivity index (χ0v) is 11.5. The highest BCUT2D eigenvalue weighted by molar-refractivity contribution is 5.85. The third-order valence-corrected chi connectivity index (χ3v) is 2.90. The van der Waals surface area contributed by atoms with Gasteiger partial charge in [0.15, 0.2) is 0 Å². The highest BCUT2D eigenvalue weighted by Crippen LogP contribution is 2.30. The molecule has 0 atom stereocenters. The van der Waals surface area contributed by atoms with Crippen molar-refractivity contribution in [3.63, 3.8) is 0 Å². The topological polar surface area (TPSA) is 70.6 Å². The molecule has 0 bridgehead atoms. The van der Waals surface area contributed by atoms with Crippen molar-refractivity contribution in [2.24, 2.45) is 0 Å². The van der Waals surface area contributed by atoms with Crippen molar-refractivity contribution >= 4 is 11.8 Å². The smallest absolute Gasteiger partial charge is 0.412 e. The second kappa shape index (κ2) is 5.09. The lowest BCUT2D eigenvalue weighted by atomic mass is 9.93. The third kappa shape index (κ3) is 3.61. The number of hydrogen-bond acceptors (Lipinski definition) is 4. The number of phenolic OH excluding ortho intramolecular Hbond substituents is 1. The van der Waals surface area contributed by atoms with Crippen LogP contribution in [0.15, 0.2) is 18.2 Å². The first-order valence-electron chi connectivity index (χ1n) is 6.39. The normalized spacial score (nSPS) is 15.7. The van der Waals surface area contributed by atoms with E-state index in [9.17, 15) is 9.90 Å². The molecule has 0 aromatic heterocycles. The minimum Gasteiger partial charge on any atom is -0.508 e. The maximum absolute atomic E-state index is 11.6. The predicted molar refractivity (Wildman–Crippen MR) is 73.6 cm³/mol. The molecule has 5 heteroatoms. The van der Waals surface area contributed by atoms with E-state index in [-0.39, 0.29) is 5.75 Å². The standard InChI is InChI=1S/C14H20N2O3/c1-14(2,3)19-13(18)16-10-4-5-11(12(17)6-10)9-7-15-8-9/h4-6,9,15,17H,7-8H2,1-3H3,(H,16,18). The Balaban J connectivity index is 2.01. The van der Waals surface area contributed by atoms with Gasteiger partial charge < -0.3 is 15.2 Å². The van der Waals surface area contributed by atoms with Gasteiger partial charge in [-0.1, -0.05) is 6.07 Å². The summed E-state index contributed by atoms with van der Waals surface area (Å²) in [6, 6.07) is 5.17. The van der Waals surface area contributed by atoms with E-state index in [0.717, 1.165) is 18.7 Å². The van der Waals surface area contributed by atoms with Crippen LogP contribution in [0, 0.1) is 0 Å². The Morgan fingerprint density at radius 3 is 2.58 bits per heavy atom. The first kappa shape index (κ1) is 13.7. The summed E-state index contributed by atoms with van der Waals surface area (Å²) >= 11 is 0. The molecule has 0 radical (unpaired) electrons. The van der Waals surface area contributed by atoms with Crippen molar-refractivity contribution in [2.75, 3.05) is 18.4 Å². The van der Waals surface area contributed by atoms with Crippen molar-refractivity contribution in [2.45, 2.75) is 32.3 Å². The van der Waals surface area contributed by atoms with Gasteiger partial charge in [-0.15, -0.1) is 0 Å². The fraction of sp³-hybridized carbons (Fsp3) is 0.500. The summed E-state index contributed by atoms with van der Waals surface area (Å²) in [6.07, 6.45) is -0.523. The Bertz CT molecular complexity index is 476. The number of anilines is 1. The van der Waals surface area contributed by atoms with Crippen LogP contribution in [0.2, 0.25) is 0 Å². The van der Waals surface area contributed by atoms with Crippen LogP contribution in [-0.2, 0) is 4.74 Å². The van der Waals surface area contributed by atoms with Crippen molar-refractivity contribution in [3.05, 3.63) is 23.8 Å². The van der Waals surface area contributed by atoms with Gasteiger partial charge in [-0.05, 0) is 32.4 Å². The Labute approximate surface area is 113 Å². The minimum atomic E-state index is -0.538. The number of phenols is 1. The molecule has 1 aromatic rings. The molecular weight excluding hydrogens is 244 g/mol. The van der Waals surface area contributed by atoms with Crippen LogP contribution in [0.25, 0.3) is 0 Å². The Morgan fingerprint density at radius 1 is 1.42 bits per heavy atom. The summed E-state index contributed by atoms with van der Waals surface area (Å²) in [6.45, 7) is 7.17. The third-order valence-electron chi connectivity index (χ3n) is 2.90. The zero-order valence-electron chi connectivity index (χ0n) is 11.5. The fourth-order valence-corrected chi connectivity index (χ4v) is 1.90. The highest BCUT2D eigenvalue weighted by atomic mass is 16.6. The molecule has 1 aliphatic heterocycles. The first-order chi connectivity index (χ1) is 8.85. The van der Waals surface area contributed by atoms with Gasteiger partial charge in [-0.2, -0.15) is 0 Å². The molecule has 2 rings (SSSR count). The molecule has 0 unspecified atom stereocenters. The second-order valence-electron chi connectivity index (χ2n) is 5.76. The van der Waals surface area contributed by atoms with Crippen LogP contribution in [0.5, 0.6) is 5.75 Å². The van der Waals surface area contributed by atoms with Gasteiger partial charge >= 0.3 is 6.09 Å². The van der Waals surface area contributed by atoms with Crippen molar-refractivity contribution in [1.29, 1.82) is 0 Å². The number of benzene rings is 1. The second-order valence-corrected chi connectivity index (χ2v) is 5.76. The maximum Gasteiger partial charge on any atom is 0.412 e. The fourth-order valence-electron chi connectivity index (χ4n) is 1.90. The molecule has 0 aliphatic carbocycles. The van der Waals surface area contributed by atoms with E-state index in [4.69, 9.17) is 4.74 Å². The molecular formula is C14H20N2O3. The van der Waals surface area contributed by atoms with Gasteiger partial charge in [0.25, 0.3) is 0 Å². The van der Waals surface area contributed by atoms with E-state index in [1.165, 1.54) is 0 Å². The van der Waals surface area contributed by atoms with Gasteiger partial charge in [0.05, 0.1) is 0 Å². The Kier molecular flexibility index (Phi) is 3.66. The van der Waals surface area contributed by atoms with E-state index >= 15 is 0 Å². The number of hydrogen-bond donors (Lipinski definition) is 3. The van der Waals surface area contributed by atoms with Crippen molar-refractivity contribution in [3.8, 4) is 5.75 Å². The van der Waals surface area contributed by atoms with Crippen LogP contribution in [0.4, 0.5) is 10.5 Å². The van der Waals surface area contributed by atoms with Crippen LogP contribution >= 0.6 is 0 Å². The first-order valence-corrected chi connectivity index (χ1v) is 6.39. The molecule has 104 valence electrons. The van der Waals surface area contributed by atoms with Crippen LogP contribution in [-0.4, -0.2) is 29.9 Å². The number of carbonyl (C=O) groups is 1. The average Bonchev–Trinajstić information content (AvgIpc) is 2.16. The van der Waals surface area contributed by atoms with Gasteiger partial charge in [0.1, 0.15) is 11.4 Å². The van der Waals surface area contributed by atoms with E-state index in [1.54, 1.807) is 32.9 Å². The summed E-state index contributed by atoms with van der Waals surface area (Å²) in [5, 5.41) is 15.7. The summed E-state index contributed by atoms with van der Waals surface area (Å²) in [4.78, 5) is 11.6. The van der Waals surface area contributed by atoms with E-state index < -0.39 is 11.7 Å². The monoisotopic (exact) mass is 264 g/mol. The van der Waals surface area contributed by atoms with E-state index in [2.05, 4.69) is 10.6 Å². The van der Waals surface area contributed by atoms with Crippen LogP contribution < -0.4 is 10.6 Å². The van der Waals surface area contributed by atoms with E-state index in [1.807, 2.05) is 6.07 Å². The van der Waals surface area contributed by atoms with Gasteiger partial charge in [0.2, 0.25) is 0 Å². The quantitative estimate of drug-likeness (QED) is 0.767. The SMILES string of the molecule is CC(C)(C)OC(=O)Nc1ccc(C2CNC2)c(O)c1. The van der Waals surface area contributed by atoms with Gasteiger partial charge in [-0.25, -0.2) is 4.79 Å². The highest BCUT2D eigenvalue weighted by Gasteiger charge is 2.22. The Hall–Kier alpha value is -1.75. The number of carbonyl (C=O) groups excluding carboxylic acids is 1. The number of nitrogens with one attached hydrogen (secondary N) is 2. The maximum atomic E-state index is 11.6. The number of aromatic hydroxyl groups is 1. The molecule has 19 heavy (non-hydrogen) atoms. The van der Waals surface area contributed by atoms with Crippen molar-refractivity contribution < 1.29 is 14.6 Å². The van der Waals surface area contributed by atoms with E-state index in [0.29, 0.717) is 11.6 Å². The number of amides is 1. The average molecular weight is 264 g/mol. The molecule has 1 saturated heterocycles. The lowest BCUT2D eigenvalue weighted by Crippen LogP contribution is -2.39. The minimum absolute atomic E-state index is 0.208. The summed E-state index contributed by atoms with van der Waals surface area (Å²) < 4.78 is 5.15. The lowest BCUT2D eigenvalue weighted by Gasteiger charge is -2.28. The van der Waals surface area contributed by atoms with Gasteiger partial charge in [0, 0.05) is 30.8 Å². The largest absolute Gasteiger partial charge is 0.508 e. The molecule has 1 aliphatic rings. The molecule has 1 heterocycles. The molecule has 1 aromatic carbocycles.